The van der Waals surface area contributed by atoms with Gasteiger partial charge in [-0.2, -0.15) is 0 Å². The van der Waals surface area contributed by atoms with Gasteiger partial charge in [-0.15, -0.1) is 0 Å². The SMILES string of the molecule is CNC(C)CCCN1C(=O)C(C)(C)c2ccccc21. The van der Waals surface area contributed by atoms with Crippen molar-refractivity contribution in [1.29, 1.82) is 0 Å². The topological polar surface area (TPSA) is 32.3 Å². The van der Waals surface area contributed by atoms with Crippen LogP contribution in [-0.4, -0.2) is 25.5 Å². The Hall–Kier alpha value is -1.35. The second-order valence-electron chi connectivity index (χ2n) is 5.93. The molecule has 1 aliphatic heterocycles. The number of rotatable bonds is 5. The predicted molar refractivity (Wildman–Crippen MR) is 79.6 cm³/mol. The number of nitrogens with zero attached hydrogens (tertiary/aromatic N) is 1. The maximum atomic E-state index is 12.5. The van der Waals surface area contributed by atoms with Crippen molar-refractivity contribution in [2.45, 2.75) is 45.1 Å². The summed E-state index contributed by atoms with van der Waals surface area (Å²) in [5, 5.41) is 3.23. The van der Waals surface area contributed by atoms with Crippen molar-refractivity contribution in [3.05, 3.63) is 29.8 Å². The molecule has 1 heterocycles. The molecule has 19 heavy (non-hydrogen) atoms. The van der Waals surface area contributed by atoms with Gasteiger partial charge in [0.2, 0.25) is 5.91 Å². The maximum absolute atomic E-state index is 12.5. The van der Waals surface area contributed by atoms with Crippen molar-refractivity contribution in [1.82, 2.24) is 5.32 Å². The Labute approximate surface area is 116 Å². The van der Waals surface area contributed by atoms with E-state index < -0.39 is 0 Å². The third-order valence-electron chi connectivity index (χ3n) is 4.16. The first-order valence-electron chi connectivity index (χ1n) is 7.07. The van der Waals surface area contributed by atoms with Crippen LogP contribution in [0.25, 0.3) is 0 Å². The first-order valence-corrected chi connectivity index (χ1v) is 7.07. The van der Waals surface area contributed by atoms with E-state index in [4.69, 9.17) is 0 Å². The van der Waals surface area contributed by atoms with Crippen molar-refractivity contribution in [2.24, 2.45) is 0 Å². The highest BCUT2D eigenvalue weighted by atomic mass is 16.2. The molecule has 1 N–H and O–H groups in total. The van der Waals surface area contributed by atoms with E-state index in [0.717, 1.165) is 30.6 Å². The van der Waals surface area contributed by atoms with Crippen LogP contribution in [-0.2, 0) is 10.2 Å². The number of para-hydroxylation sites is 1. The molecule has 104 valence electrons. The zero-order chi connectivity index (χ0) is 14.0. The van der Waals surface area contributed by atoms with Gasteiger partial charge in [-0.1, -0.05) is 18.2 Å². The van der Waals surface area contributed by atoms with Crippen LogP contribution in [0.5, 0.6) is 0 Å². The average molecular weight is 260 g/mol. The number of nitrogens with one attached hydrogen (secondary N) is 1. The van der Waals surface area contributed by atoms with Crippen LogP contribution in [0.3, 0.4) is 0 Å². The molecule has 0 fully saturated rings. The van der Waals surface area contributed by atoms with Crippen molar-refractivity contribution in [2.75, 3.05) is 18.5 Å². The van der Waals surface area contributed by atoms with Crippen LogP contribution in [0.15, 0.2) is 24.3 Å². The highest BCUT2D eigenvalue weighted by Gasteiger charge is 2.43. The first kappa shape index (κ1) is 14.1. The molecule has 1 amide bonds. The van der Waals surface area contributed by atoms with Crippen molar-refractivity contribution in [3.8, 4) is 0 Å². The minimum Gasteiger partial charge on any atom is -0.317 e. The van der Waals surface area contributed by atoms with Crippen LogP contribution >= 0.6 is 0 Å². The van der Waals surface area contributed by atoms with E-state index >= 15 is 0 Å². The molecule has 1 aromatic rings. The maximum Gasteiger partial charge on any atom is 0.237 e. The molecule has 3 nitrogen and oxygen atoms in total. The summed E-state index contributed by atoms with van der Waals surface area (Å²) in [5.41, 5.74) is 1.86. The zero-order valence-corrected chi connectivity index (χ0v) is 12.4. The Bertz CT molecular complexity index is 468. The van der Waals surface area contributed by atoms with Gasteiger partial charge in [-0.05, 0) is 52.3 Å². The summed E-state index contributed by atoms with van der Waals surface area (Å²) < 4.78 is 0. The monoisotopic (exact) mass is 260 g/mol. The van der Waals surface area contributed by atoms with Gasteiger partial charge in [0.15, 0.2) is 0 Å². The lowest BCUT2D eigenvalue weighted by Crippen LogP contribution is -2.37. The normalized spacial score (nSPS) is 18.5. The van der Waals surface area contributed by atoms with E-state index in [9.17, 15) is 4.79 Å². The Morgan fingerprint density at radius 2 is 2.00 bits per heavy atom. The number of carbonyl (C=O) groups excluding carboxylic acids is 1. The molecule has 1 unspecified atom stereocenters. The number of hydrogen-bond donors (Lipinski definition) is 1. The number of fused-ring (bicyclic) bond motifs is 1. The number of hydrogen-bond acceptors (Lipinski definition) is 2. The van der Waals surface area contributed by atoms with E-state index in [1.807, 2.05) is 37.9 Å². The van der Waals surface area contributed by atoms with Gasteiger partial charge in [-0.3, -0.25) is 4.79 Å². The largest absolute Gasteiger partial charge is 0.317 e. The molecule has 0 saturated carbocycles. The Morgan fingerprint density at radius 1 is 1.32 bits per heavy atom. The van der Waals surface area contributed by atoms with Crippen LogP contribution < -0.4 is 10.2 Å². The van der Waals surface area contributed by atoms with Crippen LogP contribution in [0.4, 0.5) is 5.69 Å². The highest BCUT2D eigenvalue weighted by molar-refractivity contribution is 6.07. The van der Waals surface area contributed by atoms with Gasteiger partial charge in [0.1, 0.15) is 0 Å². The van der Waals surface area contributed by atoms with Crippen molar-refractivity contribution < 1.29 is 4.79 Å². The quantitative estimate of drug-likeness (QED) is 0.883. The molecular formula is C16H24N2O. The lowest BCUT2D eigenvalue weighted by molar-refractivity contribution is -0.122. The molecule has 3 heteroatoms. The fourth-order valence-electron chi connectivity index (χ4n) is 2.72. The van der Waals surface area contributed by atoms with Gasteiger partial charge < -0.3 is 10.2 Å². The number of anilines is 1. The Balaban J connectivity index is 2.12. The number of amides is 1. The molecule has 1 aliphatic rings. The molecular weight excluding hydrogens is 236 g/mol. The molecule has 0 saturated heterocycles. The summed E-state index contributed by atoms with van der Waals surface area (Å²) in [4.78, 5) is 14.5. The number of carbonyl (C=O) groups is 1. The molecule has 0 aromatic heterocycles. The van der Waals surface area contributed by atoms with Crippen LogP contribution in [0.1, 0.15) is 39.2 Å². The highest BCUT2D eigenvalue weighted by Crippen LogP contribution is 2.41. The second kappa shape index (κ2) is 5.33. The summed E-state index contributed by atoms with van der Waals surface area (Å²) in [5.74, 6) is 0.228. The summed E-state index contributed by atoms with van der Waals surface area (Å²) in [6.45, 7) is 7.02. The predicted octanol–water partition coefficient (Wildman–Crippen LogP) is 2.70. The van der Waals surface area contributed by atoms with E-state index in [0.29, 0.717) is 6.04 Å². The molecule has 0 spiro atoms. The molecule has 0 radical (unpaired) electrons. The smallest absolute Gasteiger partial charge is 0.237 e. The van der Waals surface area contributed by atoms with Crippen LogP contribution in [0.2, 0.25) is 0 Å². The van der Waals surface area contributed by atoms with E-state index in [-0.39, 0.29) is 11.3 Å². The third kappa shape index (κ3) is 2.52. The van der Waals surface area contributed by atoms with Gasteiger partial charge in [0, 0.05) is 18.3 Å². The standard InChI is InChI=1S/C16H24N2O/c1-12(17-4)8-7-11-18-14-10-6-5-9-13(14)16(2,3)15(18)19/h5-6,9-10,12,17H,7-8,11H2,1-4H3. The fourth-order valence-corrected chi connectivity index (χ4v) is 2.72. The molecule has 1 atom stereocenters. The summed E-state index contributed by atoms with van der Waals surface area (Å²) in [6, 6.07) is 8.66. The van der Waals surface area contributed by atoms with Gasteiger partial charge in [0.05, 0.1) is 5.41 Å². The Morgan fingerprint density at radius 3 is 2.68 bits per heavy atom. The molecule has 0 aliphatic carbocycles. The first-order chi connectivity index (χ1) is 8.98. The van der Waals surface area contributed by atoms with E-state index in [2.05, 4.69) is 24.4 Å². The lowest BCUT2D eigenvalue weighted by Gasteiger charge is -2.21. The third-order valence-corrected chi connectivity index (χ3v) is 4.16. The number of benzene rings is 1. The zero-order valence-electron chi connectivity index (χ0n) is 12.4. The molecule has 0 bridgehead atoms. The van der Waals surface area contributed by atoms with Gasteiger partial charge in [0.25, 0.3) is 0 Å². The summed E-state index contributed by atoms with van der Waals surface area (Å²) in [6.07, 6.45) is 2.11. The fraction of sp³-hybridized carbons (Fsp3) is 0.562. The minimum atomic E-state index is -0.384. The summed E-state index contributed by atoms with van der Waals surface area (Å²) >= 11 is 0. The molecule has 2 rings (SSSR count). The Kier molecular flexibility index (Phi) is 3.95. The average Bonchev–Trinajstić information content (AvgIpc) is 2.60. The lowest BCUT2D eigenvalue weighted by atomic mass is 9.86. The second-order valence-corrected chi connectivity index (χ2v) is 5.93. The van der Waals surface area contributed by atoms with Gasteiger partial charge >= 0.3 is 0 Å². The minimum absolute atomic E-state index is 0.228. The van der Waals surface area contributed by atoms with E-state index in [1.165, 1.54) is 0 Å². The molecule has 1 aromatic carbocycles. The van der Waals surface area contributed by atoms with Crippen LogP contribution in [0, 0.1) is 0 Å². The van der Waals surface area contributed by atoms with Crippen molar-refractivity contribution in [3.63, 3.8) is 0 Å². The van der Waals surface area contributed by atoms with Crippen molar-refractivity contribution >= 4 is 11.6 Å². The van der Waals surface area contributed by atoms with Gasteiger partial charge in [-0.25, -0.2) is 0 Å². The van der Waals surface area contributed by atoms with E-state index in [1.54, 1.807) is 0 Å². The summed E-state index contributed by atoms with van der Waals surface area (Å²) in [7, 11) is 1.98.